The van der Waals surface area contributed by atoms with Crippen LogP contribution in [-0.4, -0.2) is 64.4 Å². The van der Waals surface area contributed by atoms with Crippen molar-refractivity contribution < 1.29 is 29.5 Å². The van der Waals surface area contributed by atoms with Crippen LogP contribution >= 0.6 is 0 Å². The Kier molecular flexibility index (Phi) is 4.15. The second kappa shape index (κ2) is 5.66. The lowest BCUT2D eigenvalue weighted by atomic mass is 10.0. The SMILES string of the molecule is COc1ncc(C2OC(CO)C(O)C2O)c(OC)n1. The van der Waals surface area contributed by atoms with E-state index in [-0.39, 0.29) is 11.9 Å². The number of aliphatic hydroxyl groups is 3. The van der Waals surface area contributed by atoms with Crippen molar-refractivity contribution in [3.8, 4) is 11.9 Å². The first kappa shape index (κ1) is 13.9. The summed E-state index contributed by atoms with van der Waals surface area (Å²) in [6.45, 7) is -0.395. The molecule has 4 unspecified atom stereocenters. The fraction of sp³-hybridized carbons (Fsp3) is 0.636. The summed E-state index contributed by atoms with van der Waals surface area (Å²) in [5, 5.41) is 28.7. The topological polar surface area (TPSA) is 114 Å². The summed E-state index contributed by atoms with van der Waals surface area (Å²) < 4.78 is 15.3. The van der Waals surface area contributed by atoms with Crippen LogP contribution in [0, 0.1) is 0 Å². The van der Waals surface area contributed by atoms with Crippen LogP contribution in [0.4, 0.5) is 0 Å². The van der Waals surface area contributed by atoms with E-state index in [1.54, 1.807) is 0 Å². The highest BCUT2D eigenvalue weighted by atomic mass is 16.6. The molecule has 0 bridgehead atoms. The van der Waals surface area contributed by atoms with Crippen molar-refractivity contribution in [1.82, 2.24) is 9.97 Å². The van der Waals surface area contributed by atoms with Gasteiger partial charge in [-0.3, -0.25) is 0 Å². The Morgan fingerprint density at radius 3 is 2.53 bits per heavy atom. The Hall–Kier alpha value is -1.48. The van der Waals surface area contributed by atoms with Gasteiger partial charge in [0, 0.05) is 6.20 Å². The van der Waals surface area contributed by atoms with E-state index in [9.17, 15) is 10.2 Å². The van der Waals surface area contributed by atoms with Gasteiger partial charge in [-0.1, -0.05) is 0 Å². The van der Waals surface area contributed by atoms with Gasteiger partial charge in [0.25, 0.3) is 0 Å². The van der Waals surface area contributed by atoms with E-state index in [4.69, 9.17) is 19.3 Å². The fourth-order valence-electron chi connectivity index (χ4n) is 1.97. The summed E-state index contributed by atoms with van der Waals surface area (Å²) in [6.07, 6.45) is -2.70. The zero-order valence-corrected chi connectivity index (χ0v) is 10.6. The van der Waals surface area contributed by atoms with Crippen LogP contribution in [0.3, 0.4) is 0 Å². The third-order valence-electron chi connectivity index (χ3n) is 2.98. The first-order valence-electron chi connectivity index (χ1n) is 5.69. The molecule has 1 saturated heterocycles. The van der Waals surface area contributed by atoms with Crippen LogP contribution in [0.15, 0.2) is 6.20 Å². The second-order valence-corrected chi connectivity index (χ2v) is 4.08. The van der Waals surface area contributed by atoms with E-state index in [1.807, 2.05) is 0 Å². The van der Waals surface area contributed by atoms with Gasteiger partial charge in [-0.15, -0.1) is 0 Å². The van der Waals surface area contributed by atoms with E-state index in [0.29, 0.717) is 5.56 Å². The molecule has 3 N–H and O–H groups in total. The van der Waals surface area contributed by atoms with Crippen LogP contribution in [0.25, 0.3) is 0 Å². The molecule has 8 heteroatoms. The summed E-state index contributed by atoms with van der Waals surface area (Å²) in [6, 6.07) is 0.118. The first-order valence-corrected chi connectivity index (χ1v) is 5.69. The van der Waals surface area contributed by atoms with Crippen LogP contribution in [0.5, 0.6) is 11.9 Å². The van der Waals surface area contributed by atoms with Crippen molar-refractivity contribution in [3.63, 3.8) is 0 Å². The van der Waals surface area contributed by atoms with Crippen LogP contribution in [-0.2, 0) is 4.74 Å². The Morgan fingerprint density at radius 2 is 2.00 bits per heavy atom. The van der Waals surface area contributed by atoms with Gasteiger partial charge in [0.05, 0.1) is 26.4 Å². The molecule has 4 atom stereocenters. The van der Waals surface area contributed by atoms with E-state index in [1.165, 1.54) is 20.4 Å². The molecule has 1 aromatic heterocycles. The number of ether oxygens (including phenoxy) is 3. The van der Waals surface area contributed by atoms with E-state index in [0.717, 1.165) is 0 Å². The lowest BCUT2D eigenvalue weighted by Crippen LogP contribution is -2.32. The van der Waals surface area contributed by atoms with Gasteiger partial charge < -0.3 is 29.5 Å². The number of aliphatic hydroxyl groups excluding tert-OH is 3. The first-order chi connectivity index (χ1) is 9.12. The molecule has 1 aliphatic heterocycles. The third-order valence-corrected chi connectivity index (χ3v) is 2.98. The van der Waals surface area contributed by atoms with Crippen molar-refractivity contribution in [3.05, 3.63) is 11.8 Å². The molecular formula is C11H16N2O6. The molecule has 0 spiro atoms. The van der Waals surface area contributed by atoms with E-state index >= 15 is 0 Å². The summed E-state index contributed by atoms with van der Waals surface area (Å²) in [5.74, 6) is 0.182. The Labute approximate surface area is 109 Å². The Morgan fingerprint density at radius 1 is 1.26 bits per heavy atom. The molecule has 0 aromatic carbocycles. The van der Waals surface area contributed by atoms with Gasteiger partial charge in [0.15, 0.2) is 0 Å². The maximum atomic E-state index is 9.93. The van der Waals surface area contributed by atoms with Crippen molar-refractivity contribution in [2.24, 2.45) is 0 Å². The zero-order valence-electron chi connectivity index (χ0n) is 10.6. The molecule has 19 heavy (non-hydrogen) atoms. The molecule has 106 valence electrons. The monoisotopic (exact) mass is 272 g/mol. The van der Waals surface area contributed by atoms with Crippen molar-refractivity contribution in [1.29, 1.82) is 0 Å². The van der Waals surface area contributed by atoms with Gasteiger partial charge in [0.2, 0.25) is 5.88 Å². The highest BCUT2D eigenvalue weighted by Crippen LogP contribution is 2.37. The van der Waals surface area contributed by atoms with Gasteiger partial charge in [0.1, 0.15) is 24.4 Å². The molecule has 1 aromatic rings. The number of hydrogen-bond acceptors (Lipinski definition) is 8. The zero-order chi connectivity index (χ0) is 14.0. The predicted octanol–water partition coefficient (Wildman–Crippen LogP) is -1.35. The summed E-state index contributed by atoms with van der Waals surface area (Å²) >= 11 is 0. The van der Waals surface area contributed by atoms with Crippen molar-refractivity contribution in [2.75, 3.05) is 20.8 Å². The van der Waals surface area contributed by atoms with Crippen LogP contribution < -0.4 is 9.47 Å². The van der Waals surface area contributed by atoms with Crippen molar-refractivity contribution >= 4 is 0 Å². The summed E-state index contributed by atoms with van der Waals surface area (Å²) in [5.41, 5.74) is 0.380. The highest BCUT2D eigenvalue weighted by molar-refractivity contribution is 5.29. The van der Waals surface area contributed by atoms with E-state index in [2.05, 4.69) is 9.97 Å². The van der Waals surface area contributed by atoms with Gasteiger partial charge in [-0.2, -0.15) is 4.98 Å². The molecule has 0 radical (unpaired) electrons. The lowest BCUT2D eigenvalue weighted by Gasteiger charge is -2.16. The Balaban J connectivity index is 2.31. The number of nitrogens with zero attached hydrogens (tertiary/aromatic N) is 2. The molecule has 1 fully saturated rings. The average Bonchev–Trinajstić information content (AvgIpc) is 2.74. The Bertz CT molecular complexity index is 443. The molecule has 1 aliphatic rings. The van der Waals surface area contributed by atoms with Gasteiger partial charge in [-0.05, 0) is 0 Å². The molecule has 0 amide bonds. The molecular weight excluding hydrogens is 256 g/mol. The second-order valence-electron chi connectivity index (χ2n) is 4.08. The smallest absolute Gasteiger partial charge is 0.319 e. The highest BCUT2D eigenvalue weighted by Gasteiger charge is 2.44. The molecule has 2 rings (SSSR count). The minimum atomic E-state index is -1.19. The molecule has 0 aliphatic carbocycles. The number of methoxy groups -OCH3 is 2. The minimum Gasteiger partial charge on any atom is -0.481 e. The molecule has 0 saturated carbocycles. The minimum absolute atomic E-state index is 0.118. The van der Waals surface area contributed by atoms with Gasteiger partial charge >= 0.3 is 6.01 Å². The molecule has 8 nitrogen and oxygen atoms in total. The predicted molar refractivity (Wildman–Crippen MR) is 61.8 cm³/mol. The lowest BCUT2D eigenvalue weighted by molar-refractivity contribution is -0.0236. The normalized spacial score (nSPS) is 30.4. The average molecular weight is 272 g/mol. The van der Waals surface area contributed by atoms with Crippen molar-refractivity contribution in [2.45, 2.75) is 24.4 Å². The quantitative estimate of drug-likeness (QED) is 0.616. The van der Waals surface area contributed by atoms with Crippen LogP contribution in [0.1, 0.15) is 11.7 Å². The number of rotatable bonds is 4. The number of hydrogen-bond donors (Lipinski definition) is 3. The number of aromatic nitrogens is 2. The standard InChI is InChI=1S/C11H16N2O6/c1-17-10-5(3-12-11(13-10)18-2)9-8(16)7(15)6(4-14)19-9/h3,6-9,14-16H,4H2,1-2H3. The maximum absolute atomic E-state index is 9.93. The van der Waals surface area contributed by atoms with Gasteiger partial charge in [-0.25, -0.2) is 4.98 Å². The fourth-order valence-corrected chi connectivity index (χ4v) is 1.97. The summed E-state index contributed by atoms with van der Waals surface area (Å²) in [7, 11) is 2.83. The van der Waals surface area contributed by atoms with E-state index < -0.39 is 31.0 Å². The largest absolute Gasteiger partial charge is 0.481 e. The maximum Gasteiger partial charge on any atom is 0.319 e. The molecule has 2 heterocycles. The summed E-state index contributed by atoms with van der Waals surface area (Å²) in [4.78, 5) is 7.89. The third kappa shape index (κ3) is 2.47. The van der Waals surface area contributed by atoms with Crippen LogP contribution in [0.2, 0.25) is 0 Å².